The molecule has 0 atom stereocenters. The number of rotatable bonds is 3. The van der Waals surface area contributed by atoms with Gasteiger partial charge >= 0.3 is 0 Å². The molecule has 0 saturated carbocycles. The lowest BCUT2D eigenvalue weighted by molar-refractivity contribution is 1.24. The molecule has 0 heteroatoms. The largest absolute Gasteiger partial charge is 0.0638 e. The van der Waals surface area contributed by atoms with Gasteiger partial charge in [-0.05, 0) is 72.8 Å². The van der Waals surface area contributed by atoms with Crippen molar-refractivity contribution >= 4 is 0 Å². The first kappa shape index (κ1) is 13.7. The molecule has 2 aliphatic rings. The van der Waals surface area contributed by atoms with Gasteiger partial charge in [0.25, 0.3) is 0 Å². The number of hydrogen-bond acceptors (Lipinski definition) is 0. The normalized spacial score (nSPS) is 10.6. The molecule has 23 heavy (non-hydrogen) atoms. The Labute approximate surface area is 137 Å². The highest BCUT2D eigenvalue weighted by molar-refractivity contribution is 5.77. The van der Waals surface area contributed by atoms with E-state index in [9.17, 15) is 0 Å². The first-order valence-corrected chi connectivity index (χ1v) is 7.89. The van der Waals surface area contributed by atoms with E-state index in [4.69, 9.17) is 0 Å². The lowest BCUT2D eigenvalue weighted by Crippen LogP contribution is -2.04. The fraction of sp³-hybridized carbons (Fsp3) is 0. The van der Waals surface area contributed by atoms with Gasteiger partial charge in [0.1, 0.15) is 0 Å². The van der Waals surface area contributed by atoms with Gasteiger partial charge in [0.15, 0.2) is 0 Å². The Bertz CT molecular complexity index is 823. The minimum atomic E-state index is 1.25. The van der Waals surface area contributed by atoms with Gasteiger partial charge in [-0.2, -0.15) is 0 Å². The van der Waals surface area contributed by atoms with Crippen LogP contribution in [-0.2, 0) is 0 Å². The van der Waals surface area contributed by atoms with Gasteiger partial charge in [0.05, 0.1) is 22.6 Å². The van der Waals surface area contributed by atoms with Crippen LogP contribution in [0.5, 0.6) is 0 Å². The molecule has 0 aromatic heterocycles. The molecule has 0 heterocycles. The average Bonchev–Trinajstić information content (AvgIpc) is 2.85. The molecule has 0 saturated heterocycles. The first-order valence-electron chi connectivity index (χ1n) is 7.89. The SMILES string of the molecule is c1ccc([C+](c2ccccc2)c2ccc3cccccc2-3)cc1. The number of benzene rings is 2. The van der Waals surface area contributed by atoms with E-state index in [2.05, 4.69) is 103 Å². The van der Waals surface area contributed by atoms with Crippen LogP contribution in [-0.4, -0.2) is 0 Å². The Hall–Kier alpha value is -2.99. The second kappa shape index (κ2) is 6.02. The van der Waals surface area contributed by atoms with Crippen LogP contribution in [0.3, 0.4) is 0 Å². The predicted octanol–water partition coefficient (Wildman–Crippen LogP) is 5.81. The van der Waals surface area contributed by atoms with Crippen LogP contribution >= 0.6 is 0 Å². The summed E-state index contributed by atoms with van der Waals surface area (Å²) in [5, 5.41) is 0. The Kier molecular flexibility index (Phi) is 3.57. The van der Waals surface area contributed by atoms with Crippen LogP contribution in [0.1, 0.15) is 16.7 Å². The topological polar surface area (TPSA) is 0 Å². The van der Waals surface area contributed by atoms with E-state index < -0.39 is 0 Å². The van der Waals surface area contributed by atoms with Crippen molar-refractivity contribution in [3.05, 3.63) is 126 Å². The second-order valence-electron chi connectivity index (χ2n) is 5.63. The van der Waals surface area contributed by atoms with Gasteiger partial charge in [-0.1, -0.05) is 30.3 Å². The molecule has 0 nitrogen and oxygen atoms in total. The molecule has 2 aromatic rings. The van der Waals surface area contributed by atoms with E-state index in [-0.39, 0.29) is 0 Å². The molecule has 0 aliphatic heterocycles. The average molecular weight is 293 g/mol. The quantitative estimate of drug-likeness (QED) is 0.418. The van der Waals surface area contributed by atoms with Gasteiger partial charge in [-0.25, -0.2) is 0 Å². The Morgan fingerprint density at radius 1 is 0.435 bits per heavy atom. The van der Waals surface area contributed by atoms with Crippen LogP contribution in [0.2, 0.25) is 0 Å². The van der Waals surface area contributed by atoms with Crippen molar-refractivity contribution < 1.29 is 0 Å². The van der Waals surface area contributed by atoms with Crippen molar-refractivity contribution in [2.45, 2.75) is 0 Å². The zero-order valence-electron chi connectivity index (χ0n) is 12.8. The lowest BCUT2D eigenvalue weighted by Gasteiger charge is -2.13. The van der Waals surface area contributed by atoms with Crippen molar-refractivity contribution in [2.24, 2.45) is 0 Å². The summed E-state index contributed by atoms with van der Waals surface area (Å²) >= 11 is 0. The predicted molar refractivity (Wildman–Crippen MR) is 96.5 cm³/mol. The van der Waals surface area contributed by atoms with E-state index >= 15 is 0 Å². The third-order valence-electron chi connectivity index (χ3n) is 4.19. The zero-order chi connectivity index (χ0) is 15.5. The zero-order valence-corrected chi connectivity index (χ0v) is 12.8. The smallest absolute Gasteiger partial charge is 0.0617 e. The van der Waals surface area contributed by atoms with Crippen LogP contribution < -0.4 is 0 Å². The Morgan fingerprint density at radius 3 is 1.57 bits per heavy atom. The molecule has 0 unspecified atom stereocenters. The van der Waals surface area contributed by atoms with Gasteiger partial charge in [-0.15, -0.1) is 0 Å². The van der Waals surface area contributed by atoms with Crippen molar-refractivity contribution in [3.63, 3.8) is 0 Å². The molecule has 0 bridgehead atoms. The van der Waals surface area contributed by atoms with Crippen molar-refractivity contribution in [2.75, 3.05) is 0 Å². The monoisotopic (exact) mass is 293 g/mol. The molecule has 2 aromatic carbocycles. The summed E-state index contributed by atoms with van der Waals surface area (Å²) in [5.41, 5.74) is 6.34. The number of fused-ring (bicyclic) bond motifs is 1. The van der Waals surface area contributed by atoms with E-state index in [0.717, 1.165) is 0 Å². The molecular formula is C23H17+. The maximum Gasteiger partial charge on any atom is 0.0638 e. The molecule has 108 valence electrons. The molecular weight excluding hydrogens is 276 g/mol. The molecule has 0 fully saturated rings. The maximum atomic E-state index is 2.24. The van der Waals surface area contributed by atoms with Gasteiger partial charge in [0.2, 0.25) is 0 Å². The fourth-order valence-corrected chi connectivity index (χ4v) is 3.12. The maximum absolute atomic E-state index is 2.24. The van der Waals surface area contributed by atoms with Crippen molar-refractivity contribution in [1.29, 1.82) is 0 Å². The summed E-state index contributed by atoms with van der Waals surface area (Å²) in [7, 11) is 0. The standard InChI is InChI=1S/C23H17/c1-5-11-19(12-6-1)23(20-13-7-2-8-14-20)22-17-16-18-10-4-3-9-15-21(18)22/h1-17H/q+1. The van der Waals surface area contributed by atoms with Crippen LogP contribution in [0, 0.1) is 5.92 Å². The summed E-state index contributed by atoms with van der Waals surface area (Å²) in [6.45, 7) is 0. The highest BCUT2D eigenvalue weighted by Gasteiger charge is 2.26. The minimum absolute atomic E-state index is 1.25. The number of hydrogen-bond donors (Lipinski definition) is 0. The Balaban J connectivity index is 1.93. The minimum Gasteiger partial charge on any atom is -0.0617 e. The molecule has 0 spiro atoms. The molecule has 0 N–H and O–H groups in total. The van der Waals surface area contributed by atoms with E-state index in [1.165, 1.54) is 33.7 Å². The molecule has 4 rings (SSSR count). The van der Waals surface area contributed by atoms with Crippen molar-refractivity contribution in [1.82, 2.24) is 0 Å². The molecule has 0 radical (unpaired) electrons. The Morgan fingerprint density at radius 2 is 0.957 bits per heavy atom. The summed E-state index contributed by atoms with van der Waals surface area (Å²) in [6, 6.07) is 36.4. The van der Waals surface area contributed by atoms with Crippen LogP contribution in [0.4, 0.5) is 0 Å². The van der Waals surface area contributed by atoms with E-state index in [1.807, 2.05) is 0 Å². The summed E-state index contributed by atoms with van der Waals surface area (Å²) < 4.78 is 0. The third kappa shape index (κ3) is 2.60. The summed E-state index contributed by atoms with van der Waals surface area (Å²) in [6.07, 6.45) is 0. The van der Waals surface area contributed by atoms with Crippen molar-refractivity contribution in [3.8, 4) is 11.1 Å². The van der Waals surface area contributed by atoms with Crippen LogP contribution in [0.25, 0.3) is 11.1 Å². The third-order valence-corrected chi connectivity index (χ3v) is 4.19. The first-order chi connectivity index (χ1) is 11.4. The summed E-state index contributed by atoms with van der Waals surface area (Å²) in [4.78, 5) is 0. The second-order valence-corrected chi connectivity index (χ2v) is 5.63. The molecule has 0 amide bonds. The van der Waals surface area contributed by atoms with E-state index in [1.54, 1.807) is 0 Å². The molecule has 2 aliphatic carbocycles. The van der Waals surface area contributed by atoms with Gasteiger partial charge in [-0.3, -0.25) is 0 Å². The van der Waals surface area contributed by atoms with E-state index in [0.29, 0.717) is 0 Å². The van der Waals surface area contributed by atoms with Gasteiger partial charge < -0.3 is 0 Å². The fourth-order valence-electron chi connectivity index (χ4n) is 3.12. The lowest BCUT2D eigenvalue weighted by atomic mass is 9.84. The highest BCUT2D eigenvalue weighted by Crippen LogP contribution is 2.38. The highest BCUT2D eigenvalue weighted by atomic mass is 14.2. The summed E-state index contributed by atoms with van der Waals surface area (Å²) in [5.74, 6) is 1.28. The van der Waals surface area contributed by atoms with Crippen LogP contribution in [0.15, 0.2) is 103 Å². The van der Waals surface area contributed by atoms with Gasteiger partial charge in [0, 0.05) is 11.1 Å².